The average molecular weight is 384 g/mol. The van der Waals surface area contributed by atoms with E-state index in [4.69, 9.17) is 34.8 Å². The van der Waals surface area contributed by atoms with Gasteiger partial charge in [-0.05, 0) is 30.7 Å². The number of nitrogens with zero attached hydrogens (tertiary/aromatic N) is 1. The summed E-state index contributed by atoms with van der Waals surface area (Å²) in [6.07, 6.45) is -3.25. The lowest BCUT2D eigenvalue weighted by Crippen LogP contribution is -2.39. The minimum absolute atomic E-state index is 0.00924. The minimum Gasteiger partial charge on any atom is -0.376 e. The van der Waals surface area contributed by atoms with Gasteiger partial charge in [-0.15, -0.1) is 0 Å². The van der Waals surface area contributed by atoms with Crippen LogP contribution in [0.5, 0.6) is 0 Å². The van der Waals surface area contributed by atoms with Crippen molar-refractivity contribution >= 4 is 34.8 Å². The normalized spacial score (nSPS) is 14.6. The predicted octanol–water partition coefficient (Wildman–Crippen LogP) is 5.20. The Labute approximate surface area is 145 Å². The molecule has 0 spiro atoms. The fraction of sp³-hybridized carbons (Fsp3) is 0.267. The van der Waals surface area contributed by atoms with Crippen molar-refractivity contribution in [3.05, 3.63) is 62.4 Å². The Hall–Kier alpha value is -1.01. The molecule has 2 nitrogen and oxygen atoms in total. The van der Waals surface area contributed by atoms with Gasteiger partial charge in [0, 0.05) is 35.0 Å². The van der Waals surface area contributed by atoms with Crippen LogP contribution in [0.4, 0.5) is 13.2 Å². The summed E-state index contributed by atoms with van der Waals surface area (Å²) >= 11 is 17.8. The lowest BCUT2D eigenvalue weighted by Gasteiger charge is -2.27. The van der Waals surface area contributed by atoms with Crippen LogP contribution in [0.25, 0.3) is 0 Å². The molecule has 1 aromatic carbocycles. The van der Waals surface area contributed by atoms with Crippen LogP contribution in [0.3, 0.4) is 0 Å². The van der Waals surface area contributed by atoms with Crippen LogP contribution in [0.15, 0.2) is 24.4 Å². The van der Waals surface area contributed by atoms with Crippen LogP contribution >= 0.6 is 34.8 Å². The first kappa shape index (κ1) is 18.3. The molecule has 1 radical (unpaired) electrons. The Morgan fingerprint density at radius 1 is 1.22 bits per heavy atom. The van der Waals surface area contributed by atoms with E-state index in [1.54, 1.807) is 12.1 Å². The van der Waals surface area contributed by atoms with Crippen molar-refractivity contribution < 1.29 is 18.3 Å². The maximum Gasteiger partial charge on any atom is 0.421 e. The van der Waals surface area contributed by atoms with Crippen LogP contribution in [0, 0.1) is 6.07 Å². The number of rotatable bonds is 3. The van der Waals surface area contributed by atoms with Crippen molar-refractivity contribution in [2.75, 3.05) is 0 Å². The third-order valence-electron chi connectivity index (χ3n) is 3.29. The molecule has 0 fully saturated rings. The van der Waals surface area contributed by atoms with Gasteiger partial charge in [-0.2, -0.15) is 13.2 Å². The molecule has 2 rings (SSSR count). The van der Waals surface area contributed by atoms with Gasteiger partial charge in [-0.25, -0.2) is 0 Å². The fourth-order valence-electron chi connectivity index (χ4n) is 1.82. The molecule has 2 aromatic rings. The molecule has 0 unspecified atom stereocenters. The van der Waals surface area contributed by atoms with Crippen LogP contribution in [0.2, 0.25) is 15.1 Å². The molecule has 1 N–H and O–H groups in total. The first-order valence-electron chi connectivity index (χ1n) is 6.32. The number of pyridine rings is 1. The molecule has 8 heteroatoms. The van der Waals surface area contributed by atoms with Crippen LogP contribution < -0.4 is 0 Å². The molecular weight excluding hydrogens is 374 g/mol. The average Bonchev–Trinajstić information content (AvgIpc) is 2.43. The van der Waals surface area contributed by atoms with Gasteiger partial charge in [-0.3, -0.25) is 4.98 Å². The summed E-state index contributed by atoms with van der Waals surface area (Å²) in [7, 11) is 0. The van der Waals surface area contributed by atoms with Gasteiger partial charge < -0.3 is 5.11 Å². The van der Waals surface area contributed by atoms with Crippen molar-refractivity contribution in [2.45, 2.75) is 25.1 Å². The molecule has 0 aliphatic heterocycles. The highest BCUT2D eigenvalue weighted by Gasteiger charge is 2.51. The summed E-state index contributed by atoms with van der Waals surface area (Å²) in [5.41, 5.74) is -2.70. The van der Waals surface area contributed by atoms with Gasteiger partial charge in [-0.1, -0.05) is 34.8 Å². The Morgan fingerprint density at radius 2 is 1.87 bits per heavy atom. The zero-order valence-electron chi connectivity index (χ0n) is 11.7. The second-order valence-corrected chi connectivity index (χ2v) is 6.26. The molecule has 0 amide bonds. The molecule has 0 saturated carbocycles. The largest absolute Gasteiger partial charge is 0.421 e. The van der Waals surface area contributed by atoms with Gasteiger partial charge in [0.1, 0.15) is 0 Å². The van der Waals surface area contributed by atoms with Crippen LogP contribution in [0.1, 0.15) is 23.7 Å². The van der Waals surface area contributed by atoms with E-state index in [-0.39, 0.29) is 16.5 Å². The molecule has 123 valence electrons. The van der Waals surface area contributed by atoms with Crippen molar-refractivity contribution in [1.82, 2.24) is 4.98 Å². The van der Waals surface area contributed by atoms with E-state index in [1.165, 1.54) is 6.20 Å². The van der Waals surface area contributed by atoms with Crippen molar-refractivity contribution in [3.8, 4) is 0 Å². The molecule has 1 aromatic heterocycles. The highest BCUT2D eigenvalue weighted by atomic mass is 35.5. The van der Waals surface area contributed by atoms with Crippen molar-refractivity contribution in [3.63, 3.8) is 0 Å². The molecule has 1 atom stereocenters. The highest BCUT2D eigenvalue weighted by Crippen LogP contribution is 2.41. The van der Waals surface area contributed by atoms with Gasteiger partial charge in [0.2, 0.25) is 0 Å². The number of hydrogen-bond donors (Lipinski definition) is 1. The molecule has 23 heavy (non-hydrogen) atoms. The molecular formula is C15H10Cl3F3NO. The summed E-state index contributed by atoms with van der Waals surface area (Å²) < 4.78 is 38.7. The quantitative estimate of drug-likeness (QED) is 0.790. The molecule has 0 aliphatic carbocycles. The maximum atomic E-state index is 12.9. The van der Waals surface area contributed by atoms with Crippen LogP contribution in [-0.2, 0) is 12.0 Å². The Balaban J connectivity index is 2.40. The summed E-state index contributed by atoms with van der Waals surface area (Å²) in [5, 5.41) is 10.0. The monoisotopic (exact) mass is 382 g/mol. The van der Waals surface area contributed by atoms with Gasteiger partial charge in [0.15, 0.2) is 5.60 Å². The van der Waals surface area contributed by atoms with E-state index >= 15 is 0 Å². The Morgan fingerprint density at radius 3 is 2.35 bits per heavy atom. The first-order valence-corrected chi connectivity index (χ1v) is 7.46. The smallest absolute Gasteiger partial charge is 0.376 e. The SMILES string of the molecule is C[C@@](O)(c1[c]c(Cl)c(Cc2ccc(Cl)cn2)c(Cl)c1)C(F)(F)F. The second-order valence-electron chi connectivity index (χ2n) is 5.04. The standard InChI is InChI=1S/C15H10Cl3F3NO/c1-14(23,15(19,20)21)8-4-12(17)11(13(18)5-8)6-10-3-2-9(16)7-22-10/h2-4,7,23H,6H2,1H3/t14-/m1/s1. The van der Waals surface area contributed by atoms with E-state index in [0.29, 0.717) is 23.2 Å². The number of aliphatic hydroxyl groups is 1. The molecule has 0 saturated heterocycles. The van der Waals surface area contributed by atoms with E-state index in [9.17, 15) is 18.3 Å². The molecule has 0 aliphatic rings. The van der Waals surface area contributed by atoms with E-state index in [1.807, 2.05) is 0 Å². The summed E-state index contributed by atoms with van der Waals surface area (Å²) in [4.78, 5) is 4.07. The lowest BCUT2D eigenvalue weighted by atomic mass is 9.93. The van der Waals surface area contributed by atoms with Gasteiger partial charge in [0.25, 0.3) is 0 Å². The van der Waals surface area contributed by atoms with Gasteiger partial charge in [0.05, 0.1) is 10.0 Å². The van der Waals surface area contributed by atoms with E-state index in [2.05, 4.69) is 11.1 Å². The number of hydrogen-bond acceptors (Lipinski definition) is 2. The van der Waals surface area contributed by atoms with Crippen molar-refractivity contribution in [2.24, 2.45) is 0 Å². The fourth-order valence-corrected chi connectivity index (χ4v) is 2.52. The second kappa shape index (κ2) is 6.48. The lowest BCUT2D eigenvalue weighted by molar-refractivity contribution is -0.259. The topological polar surface area (TPSA) is 33.1 Å². The van der Waals surface area contributed by atoms with Crippen molar-refractivity contribution in [1.29, 1.82) is 0 Å². The van der Waals surface area contributed by atoms with E-state index < -0.39 is 17.3 Å². The number of aromatic nitrogens is 1. The summed E-state index contributed by atoms with van der Waals surface area (Å²) in [5.74, 6) is 0. The number of halogens is 6. The molecule has 0 bridgehead atoms. The predicted molar refractivity (Wildman–Crippen MR) is 83.0 cm³/mol. The highest BCUT2D eigenvalue weighted by molar-refractivity contribution is 6.36. The maximum absolute atomic E-state index is 12.9. The van der Waals surface area contributed by atoms with E-state index in [0.717, 1.165) is 6.07 Å². The number of alkyl halides is 3. The zero-order valence-corrected chi connectivity index (χ0v) is 13.9. The Bertz CT molecular complexity index is 692. The minimum atomic E-state index is -4.88. The summed E-state index contributed by atoms with van der Waals surface area (Å²) in [6, 6.07) is 6.63. The summed E-state index contributed by atoms with van der Waals surface area (Å²) in [6.45, 7) is 0.617. The first-order chi connectivity index (χ1) is 10.5. The zero-order chi connectivity index (χ0) is 17.4. The molecule has 1 heterocycles. The Kier molecular flexibility index (Phi) is 5.16. The number of benzene rings is 1. The van der Waals surface area contributed by atoms with Crippen LogP contribution in [-0.4, -0.2) is 16.3 Å². The third-order valence-corrected chi connectivity index (χ3v) is 4.18. The third kappa shape index (κ3) is 3.91. The van der Waals surface area contributed by atoms with Gasteiger partial charge >= 0.3 is 6.18 Å².